The van der Waals surface area contributed by atoms with Crippen molar-refractivity contribution in [3.8, 4) is 0 Å². The van der Waals surface area contributed by atoms with Gasteiger partial charge in [-0.2, -0.15) is 0 Å². The maximum absolute atomic E-state index is 11.5. The molecule has 3 aliphatic rings. The van der Waals surface area contributed by atoms with Crippen molar-refractivity contribution in [2.24, 2.45) is 11.8 Å². The minimum atomic E-state index is -0.0751. The molecule has 0 unspecified atom stereocenters. The molecule has 2 saturated carbocycles. The Morgan fingerprint density at radius 3 is 2.45 bits per heavy atom. The first kappa shape index (κ1) is 14.4. The number of carbonyl (C=O) groups is 1. The Hall–Kier alpha value is -0.570. The van der Waals surface area contributed by atoms with E-state index in [4.69, 9.17) is 4.74 Å². The first-order chi connectivity index (χ1) is 9.60. The van der Waals surface area contributed by atoms with Crippen LogP contribution in [0.25, 0.3) is 0 Å². The van der Waals surface area contributed by atoms with Crippen LogP contribution in [0.5, 0.6) is 0 Å². The number of ether oxygens (including phenoxy) is 1. The summed E-state index contributed by atoms with van der Waals surface area (Å²) in [7, 11) is 2.46. The average Bonchev–Trinajstić information content (AvgIpc) is 2.38. The highest BCUT2D eigenvalue weighted by Gasteiger charge is 2.50. The predicted molar refractivity (Wildman–Crippen MR) is 79.2 cm³/mol. The van der Waals surface area contributed by atoms with Crippen molar-refractivity contribution in [1.82, 2.24) is 0 Å². The van der Waals surface area contributed by atoms with Crippen molar-refractivity contribution >= 4 is 5.97 Å². The molecule has 4 atom stereocenters. The molecule has 2 aliphatic carbocycles. The number of carbonyl (C=O) groups excluding carboxylic acids is 1. The van der Waals surface area contributed by atoms with E-state index in [1.54, 1.807) is 6.92 Å². The monoisotopic (exact) mass is 280 g/mol. The van der Waals surface area contributed by atoms with Crippen molar-refractivity contribution < 1.29 is 14.0 Å². The van der Waals surface area contributed by atoms with Gasteiger partial charge in [0.05, 0.1) is 26.2 Å². The maximum atomic E-state index is 11.5. The first-order valence-corrected chi connectivity index (χ1v) is 8.61. The second-order valence-corrected chi connectivity index (χ2v) is 7.56. The van der Waals surface area contributed by atoms with Crippen LogP contribution < -0.4 is 0 Å². The third-order valence-corrected chi connectivity index (χ3v) is 6.27. The van der Waals surface area contributed by atoms with Crippen LogP contribution in [-0.4, -0.2) is 42.7 Å². The quantitative estimate of drug-likeness (QED) is 0.574. The molecule has 114 valence electrons. The van der Waals surface area contributed by atoms with E-state index in [1.807, 2.05) is 0 Å². The van der Waals surface area contributed by atoms with E-state index in [0.717, 1.165) is 6.04 Å². The summed E-state index contributed by atoms with van der Waals surface area (Å²) in [5.74, 6) is 1.19. The average molecular weight is 280 g/mol. The number of hydrogen-bond acceptors (Lipinski definition) is 2. The molecular formula is C17H30NO2+. The fraction of sp³-hybridized carbons (Fsp3) is 0.941. The lowest BCUT2D eigenvalue weighted by Gasteiger charge is -2.54. The third-order valence-electron chi connectivity index (χ3n) is 6.27. The number of hydrogen-bond donors (Lipinski definition) is 0. The number of rotatable bonds is 2. The summed E-state index contributed by atoms with van der Waals surface area (Å²) in [5.41, 5.74) is 0. The standard InChI is InChI=1S/C17H30NO2/c1-13(19)20-17-14-7-6-8-15(17)16(10-9-14)18(2)11-4-3-5-12-18/h14-17H,3-12H2,1-2H3/q+1/t14-,15+,16-,17+/m0/s1. The van der Waals surface area contributed by atoms with E-state index in [-0.39, 0.29) is 12.1 Å². The minimum Gasteiger partial charge on any atom is -0.462 e. The molecule has 1 heterocycles. The molecule has 3 fully saturated rings. The van der Waals surface area contributed by atoms with Gasteiger partial charge in [0.2, 0.25) is 0 Å². The summed E-state index contributed by atoms with van der Waals surface area (Å²) in [6.45, 7) is 4.24. The van der Waals surface area contributed by atoms with Crippen molar-refractivity contribution in [1.29, 1.82) is 0 Å². The Labute approximate surface area is 123 Å². The SMILES string of the molecule is CC(=O)O[C@@H]1[C@H]2CCC[C@@H]1[C@@H]([N+]1(C)CCCCC1)CC2. The molecule has 3 rings (SSSR count). The third kappa shape index (κ3) is 2.61. The summed E-state index contributed by atoms with van der Waals surface area (Å²) in [6.07, 6.45) is 10.9. The Kier molecular flexibility index (Phi) is 4.07. The van der Waals surface area contributed by atoms with Crippen LogP contribution in [-0.2, 0) is 9.53 Å². The molecule has 1 aliphatic heterocycles. The Morgan fingerprint density at radius 1 is 1.00 bits per heavy atom. The zero-order valence-electron chi connectivity index (χ0n) is 13.1. The number of piperidine rings is 1. The van der Waals surface area contributed by atoms with E-state index in [9.17, 15) is 4.79 Å². The van der Waals surface area contributed by atoms with Gasteiger partial charge in [-0.25, -0.2) is 0 Å². The molecule has 0 radical (unpaired) electrons. The van der Waals surface area contributed by atoms with Crippen LogP contribution >= 0.6 is 0 Å². The largest absolute Gasteiger partial charge is 0.462 e. The van der Waals surface area contributed by atoms with Gasteiger partial charge in [0.15, 0.2) is 0 Å². The molecule has 0 aromatic carbocycles. The van der Waals surface area contributed by atoms with Crippen molar-refractivity contribution in [2.75, 3.05) is 20.1 Å². The van der Waals surface area contributed by atoms with Gasteiger partial charge in [0, 0.05) is 19.3 Å². The topological polar surface area (TPSA) is 26.3 Å². The molecule has 3 nitrogen and oxygen atoms in total. The van der Waals surface area contributed by atoms with Crippen LogP contribution in [0.4, 0.5) is 0 Å². The van der Waals surface area contributed by atoms with Gasteiger partial charge in [-0.3, -0.25) is 4.79 Å². The van der Waals surface area contributed by atoms with Gasteiger partial charge < -0.3 is 9.22 Å². The molecule has 0 N–H and O–H groups in total. The lowest BCUT2D eigenvalue weighted by Crippen LogP contribution is -2.63. The van der Waals surface area contributed by atoms with Gasteiger partial charge in [-0.15, -0.1) is 0 Å². The highest BCUT2D eigenvalue weighted by molar-refractivity contribution is 5.66. The highest BCUT2D eigenvalue weighted by Crippen LogP contribution is 2.46. The number of quaternary nitrogens is 1. The van der Waals surface area contributed by atoms with Crippen LogP contribution in [0.2, 0.25) is 0 Å². The van der Waals surface area contributed by atoms with E-state index in [1.165, 1.54) is 68.9 Å². The highest BCUT2D eigenvalue weighted by atomic mass is 16.5. The normalized spacial score (nSPS) is 40.1. The molecule has 2 bridgehead atoms. The number of esters is 1. The minimum absolute atomic E-state index is 0.0751. The number of nitrogens with zero attached hydrogens (tertiary/aromatic N) is 1. The van der Waals surface area contributed by atoms with E-state index in [0.29, 0.717) is 11.8 Å². The first-order valence-electron chi connectivity index (χ1n) is 8.61. The number of fused-ring (bicyclic) bond motifs is 2. The molecule has 0 spiro atoms. The van der Waals surface area contributed by atoms with Crippen LogP contribution in [0.15, 0.2) is 0 Å². The zero-order chi connectivity index (χ0) is 14.2. The summed E-state index contributed by atoms with van der Waals surface area (Å²) in [5, 5.41) is 0. The lowest BCUT2D eigenvalue weighted by molar-refractivity contribution is -0.943. The van der Waals surface area contributed by atoms with Crippen LogP contribution in [0.3, 0.4) is 0 Å². The smallest absolute Gasteiger partial charge is 0.302 e. The summed E-state index contributed by atoms with van der Waals surface area (Å²) in [6, 6.07) is 0.733. The van der Waals surface area contributed by atoms with E-state index in [2.05, 4.69) is 7.05 Å². The fourth-order valence-electron chi connectivity index (χ4n) is 5.33. The summed E-state index contributed by atoms with van der Waals surface area (Å²) < 4.78 is 7.02. The predicted octanol–water partition coefficient (Wildman–Crippen LogP) is 3.13. The zero-order valence-corrected chi connectivity index (χ0v) is 13.1. The van der Waals surface area contributed by atoms with Gasteiger partial charge >= 0.3 is 5.97 Å². The van der Waals surface area contributed by atoms with Gasteiger partial charge in [-0.05, 0) is 44.4 Å². The van der Waals surface area contributed by atoms with Crippen LogP contribution in [0, 0.1) is 11.8 Å². The summed E-state index contributed by atoms with van der Waals surface area (Å²) >= 11 is 0. The molecule has 0 amide bonds. The van der Waals surface area contributed by atoms with E-state index < -0.39 is 0 Å². The van der Waals surface area contributed by atoms with Crippen LogP contribution in [0.1, 0.15) is 58.3 Å². The molecule has 0 aromatic heterocycles. The molecule has 20 heavy (non-hydrogen) atoms. The van der Waals surface area contributed by atoms with Crippen molar-refractivity contribution in [3.05, 3.63) is 0 Å². The van der Waals surface area contributed by atoms with E-state index >= 15 is 0 Å². The maximum Gasteiger partial charge on any atom is 0.302 e. The number of likely N-dealkylation sites (tertiary alicyclic amines) is 1. The second kappa shape index (κ2) is 5.67. The Morgan fingerprint density at radius 2 is 1.75 bits per heavy atom. The fourth-order valence-corrected chi connectivity index (χ4v) is 5.33. The van der Waals surface area contributed by atoms with Crippen molar-refractivity contribution in [3.63, 3.8) is 0 Å². The molecular weight excluding hydrogens is 250 g/mol. The summed E-state index contributed by atoms with van der Waals surface area (Å²) in [4.78, 5) is 11.5. The lowest BCUT2D eigenvalue weighted by atomic mass is 9.66. The van der Waals surface area contributed by atoms with Gasteiger partial charge in [0.1, 0.15) is 6.10 Å². The Bertz CT molecular complexity index is 362. The molecule has 1 saturated heterocycles. The van der Waals surface area contributed by atoms with Crippen molar-refractivity contribution in [2.45, 2.75) is 70.4 Å². The van der Waals surface area contributed by atoms with Gasteiger partial charge in [-0.1, -0.05) is 6.42 Å². The Balaban J connectivity index is 1.79. The van der Waals surface area contributed by atoms with Gasteiger partial charge in [0.25, 0.3) is 0 Å². The molecule has 0 aromatic rings. The second-order valence-electron chi connectivity index (χ2n) is 7.56. The molecule has 3 heteroatoms.